The van der Waals surface area contributed by atoms with Crippen LogP contribution >= 0.6 is 0 Å². The number of benzene rings is 1. The van der Waals surface area contributed by atoms with Gasteiger partial charge in [0, 0.05) is 32.7 Å². The van der Waals surface area contributed by atoms with Gasteiger partial charge in [0.15, 0.2) is 5.96 Å². The van der Waals surface area contributed by atoms with E-state index in [0.29, 0.717) is 32.8 Å². The van der Waals surface area contributed by atoms with Crippen molar-refractivity contribution in [3.8, 4) is 0 Å². The van der Waals surface area contributed by atoms with Crippen LogP contribution in [-0.4, -0.2) is 69.5 Å². The van der Waals surface area contributed by atoms with Gasteiger partial charge in [-0.15, -0.1) is 0 Å². The first-order chi connectivity index (χ1) is 13.1. The highest BCUT2D eigenvalue weighted by Crippen LogP contribution is 2.18. The molecule has 0 bridgehead atoms. The summed E-state index contributed by atoms with van der Waals surface area (Å²) in [5.41, 5.74) is 1.79. The molecule has 2 fully saturated rings. The molecular weight excluding hydrogens is 364 g/mol. The summed E-state index contributed by atoms with van der Waals surface area (Å²) in [6.45, 7) is 7.22. The second-order valence-corrected chi connectivity index (χ2v) is 8.87. The molecule has 2 aliphatic rings. The number of sulfonamides is 1. The molecule has 0 amide bonds. The van der Waals surface area contributed by atoms with Crippen LogP contribution in [0, 0.1) is 0 Å². The summed E-state index contributed by atoms with van der Waals surface area (Å²) in [4.78, 5) is 7.05. The highest BCUT2D eigenvalue weighted by Gasteiger charge is 2.25. The topological polar surface area (TPSA) is 74.2 Å². The van der Waals surface area contributed by atoms with Gasteiger partial charge in [0.25, 0.3) is 0 Å². The van der Waals surface area contributed by atoms with Crippen molar-refractivity contribution in [2.24, 2.45) is 4.99 Å². The van der Waals surface area contributed by atoms with Gasteiger partial charge >= 0.3 is 0 Å². The Kier molecular flexibility index (Phi) is 7.09. The molecule has 2 saturated heterocycles. The predicted molar refractivity (Wildman–Crippen MR) is 107 cm³/mol. The molecule has 3 rings (SSSR count). The summed E-state index contributed by atoms with van der Waals surface area (Å²) in [7, 11) is -3.34. The van der Waals surface area contributed by atoms with Crippen LogP contribution < -0.4 is 5.32 Å². The Balaban J connectivity index is 1.74. The average molecular weight is 395 g/mol. The Morgan fingerprint density at radius 2 is 1.78 bits per heavy atom. The molecule has 27 heavy (non-hydrogen) atoms. The van der Waals surface area contributed by atoms with E-state index < -0.39 is 10.0 Å². The lowest BCUT2D eigenvalue weighted by atomic mass is 10.1. The summed E-state index contributed by atoms with van der Waals surface area (Å²) in [5.74, 6) is 0.930. The molecule has 0 saturated carbocycles. The van der Waals surface area contributed by atoms with E-state index in [1.165, 1.54) is 17.1 Å². The molecule has 0 radical (unpaired) electrons. The zero-order valence-corrected chi connectivity index (χ0v) is 16.9. The lowest BCUT2D eigenvalue weighted by Gasteiger charge is -2.26. The van der Waals surface area contributed by atoms with Gasteiger partial charge in [-0.2, -0.15) is 4.31 Å². The number of morpholine rings is 1. The minimum absolute atomic E-state index is 0.0128. The fourth-order valence-corrected chi connectivity index (χ4v) is 5.04. The van der Waals surface area contributed by atoms with Gasteiger partial charge in [-0.05, 0) is 30.9 Å². The fraction of sp³-hybridized carbons (Fsp3) is 0.632. The van der Waals surface area contributed by atoms with E-state index in [2.05, 4.69) is 17.1 Å². The highest BCUT2D eigenvalue weighted by molar-refractivity contribution is 7.88. The Hall–Kier alpha value is -1.64. The Labute approximate surface area is 162 Å². The van der Waals surface area contributed by atoms with Crippen LogP contribution in [0.1, 0.15) is 30.9 Å². The van der Waals surface area contributed by atoms with Crippen LogP contribution in [0.4, 0.5) is 0 Å². The Morgan fingerprint density at radius 1 is 1.11 bits per heavy atom. The SMILES string of the molecule is CCNC(=NCc1ccccc1CS(=O)(=O)N1CCOCC1)N1CCCC1. The summed E-state index contributed by atoms with van der Waals surface area (Å²) < 4.78 is 32.3. The van der Waals surface area contributed by atoms with Gasteiger partial charge in [0.2, 0.25) is 10.0 Å². The molecule has 0 aliphatic carbocycles. The second kappa shape index (κ2) is 9.52. The number of rotatable bonds is 6. The molecular formula is C19H30N4O3S. The minimum Gasteiger partial charge on any atom is -0.379 e. The zero-order valence-electron chi connectivity index (χ0n) is 16.1. The van der Waals surface area contributed by atoms with E-state index in [9.17, 15) is 8.42 Å². The summed E-state index contributed by atoms with van der Waals surface area (Å²) in [6.07, 6.45) is 2.39. The van der Waals surface area contributed by atoms with Crippen LogP contribution in [0.25, 0.3) is 0 Å². The van der Waals surface area contributed by atoms with E-state index in [1.54, 1.807) is 0 Å². The third-order valence-electron chi connectivity index (χ3n) is 4.96. The van der Waals surface area contributed by atoms with Crippen LogP contribution in [-0.2, 0) is 27.1 Å². The summed E-state index contributed by atoms with van der Waals surface area (Å²) in [5, 5.41) is 3.35. The number of hydrogen-bond donors (Lipinski definition) is 1. The molecule has 1 aromatic rings. The largest absolute Gasteiger partial charge is 0.379 e. The van der Waals surface area contributed by atoms with Gasteiger partial charge < -0.3 is 15.0 Å². The number of nitrogens with zero attached hydrogens (tertiary/aromatic N) is 3. The van der Waals surface area contributed by atoms with Gasteiger partial charge in [0.1, 0.15) is 0 Å². The van der Waals surface area contributed by atoms with Crippen LogP contribution in [0.5, 0.6) is 0 Å². The van der Waals surface area contributed by atoms with Crippen molar-refractivity contribution in [1.82, 2.24) is 14.5 Å². The monoisotopic (exact) mass is 394 g/mol. The molecule has 2 heterocycles. The number of guanidine groups is 1. The van der Waals surface area contributed by atoms with Crippen molar-refractivity contribution in [3.63, 3.8) is 0 Å². The van der Waals surface area contributed by atoms with E-state index in [4.69, 9.17) is 9.73 Å². The number of nitrogens with one attached hydrogen (secondary N) is 1. The quantitative estimate of drug-likeness (QED) is 0.583. The van der Waals surface area contributed by atoms with Crippen LogP contribution in [0.15, 0.2) is 29.3 Å². The van der Waals surface area contributed by atoms with E-state index in [-0.39, 0.29) is 5.75 Å². The average Bonchev–Trinajstić information content (AvgIpc) is 3.21. The number of aliphatic imine (C=N–C) groups is 1. The standard InChI is InChI=1S/C19H30N4O3S/c1-2-20-19(22-9-5-6-10-22)21-15-17-7-3-4-8-18(17)16-27(24,25)23-11-13-26-14-12-23/h3-4,7-8H,2,5-6,9-16H2,1H3,(H,20,21). The van der Waals surface area contributed by atoms with Crippen molar-refractivity contribution in [2.75, 3.05) is 45.9 Å². The fourth-order valence-electron chi connectivity index (χ4n) is 3.48. The lowest BCUT2D eigenvalue weighted by molar-refractivity contribution is 0.0729. The summed E-state index contributed by atoms with van der Waals surface area (Å²) in [6, 6.07) is 7.70. The van der Waals surface area contributed by atoms with Crippen LogP contribution in [0.2, 0.25) is 0 Å². The van der Waals surface area contributed by atoms with Crippen LogP contribution in [0.3, 0.4) is 0 Å². The molecule has 150 valence electrons. The predicted octanol–water partition coefficient (Wildman–Crippen LogP) is 1.41. The molecule has 0 atom stereocenters. The van der Waals surface area contributed by atoms with Crippen molar-refractivity contribution >= 4 is 16.0 Å². The number of hydrogen-bond acceptors (Lipinski definition) is 4. The maximum atomic E-state index is 12.8. The van der Waals surface area contributed by atoms with Gasteiger partial charge in [-0.25, -0.2) is 13.4 Å². The van der Waals surface area contributed by atoms with E-state index >= 15 is 0 Å². The molecule has 0 aromatic heterocycles. The first-order valence-electron chi connectivity index (χ1n) is 9.76. The third-order valence-corrected chi connectivity index (χ3v) is 6.79. The number of likely N-dealkylation sites (tertiary alicyclic amines) is 1. The molecule has 1 N–H and O–H groups in total. The second-order valence-electron chi connectivity index (χ2n) is 6.90. The normalized spacial score (nSPS) is 19.4. The molecule has 7 nitrogen and oxygen atoms in total. The van der Waals surface area contributed by atoms with Crippen molar-refractivity contribution in [3.05, 3.63) is 35.4 Å². The van der Waals surface area contributed by atoms with E-state index in [0.717, 1.165) is 36.7 Å². The third kappa shape index (κ3) is 5.43. The lowest BCUT2D eigenvalue weighted by Crippen LogP contribution is -2.41. The van der Waals surface area contributed by atoms with E-state index in [1.807, 2.05) is 24.3 Å². The summed E-state index contributed by atoms with van der Waals surface area (Å²) >= 11 is 0. The maximum absolute atomic E-state index is 12.8. The molecule has 0 spiro atoms. The molecule has 0 unspecified atom stereocenters. The Morgan fingerprint density at radius 3 is 2.44 bits per heavy atom. The molecule has 8 heteroatoms. The first-order valence-corrected chi connectivity index (χ1v) is 11.4. The highest BCUT2D eigenvalue weighted by atomic mass is 32.2. The number of ether oxygens (including phenoxy) is 1. The van der Waals surface area contributed by atoms with Gasteiger partial charge in [0.05, 0.1) is 25.5 Å². The van der Waals surface area contributed by atoms with Crippen molar-refractivity contribution in [1.29, 1.82) is 0 Å². The smallest absolute Gasteiger partial charge is 0.218 e. The zero-order chi connectivity index (χ0) is 19.1. The molecule has 2 aliphatic heterocycles. The first kappa shape index (κ1) is 20.1. The van der Waals surface area contributed by atoms with Crippen molar-refractivity contribution in [2.45, 2.75) is 32.1 Å². The maximum Gasteiger partial charge on any atom is 0.218 e. The molecule has 1 aromatic carbocycles. The van der Waals surface area contributed by atoms with Gasteiger partial charge in [-0.1, -0.05) is 24.3 Å². The van der Waals surface area contributed by atoms with Crippen molar-refractivity contribution < 1.29 is 13.2 Å². The minimum atomic E-state index is -3.34. The Bertz CT molecular complexity index is 739. The van der Waals surface area contributed by atoms with Gasteiger partial charge in [-0.3, -0.25) is 0 Å².